The van der Waals surface area contributed by atoms with Gasteiger partial charge in [0, 0.05) is 13.2 Å². The Morgan fingerprint density at radius 3 is 2.75 bits per heavy atom. The third kappa shape index (κ3) is 8.64. The standard InChI is InChI=1S/C11H24N2O3/c1-4-10(14)5-6-12-7-11(15)13-9(2)8-16-3/h9-10,12,14H,4-8H2,1-3H3,(H,13,15). The Hall–Kier alpha value is -0.650. The van der Waals surface area contributed by atoms with Crippen LogP contribution in [0, 0.1) is 0 Å². The molecule has 0 saturated heterocycles. The highest BCUT2D eigenvalue weighted by Crippen LogP contribution is 1.93. The van der Waals surface area contributed by atoms with Gasteiger partial charge >= 0.3 is 0 Å². The molecule has 2 atom stereocenters. The number of hydrogen-bond acceptors (Lipinski definition) is 4. The highest BCUT2D eigenvalue weighted by Gasteiger charge is 2.06. The summed E-state index contributed by atoms with van der Waals surface area (Å²) in [5, 5.41) is 15.1. The molecule has 96 valence electrons. The molecule has 3 N–H and O–H groups in total. The summed E-state index contributed by atoms with van der Waals surface area (Å²) in [5.74, 6) is -0.0458. The zero-order valence-corrected chi connectivity index (χ0v) is 10.5. The number of methoxy groups -OCH3 is 1. The van der Waals surface area contributed by atoms with E-state index >= 15 is 0 Å². The predicted octanol–water partition coefficient (Wildman–Crippen LogP) is -0.112. The number of carbonyl (C=O) groups is 1. The molecule has 0 aromatic carbocycles. The summed E-state index contributed by atoms with van der Waals surface area (Å²) in [6.45, 7) is 5.28. The van der Waals surface area contributed by atoms with Crippen LogP contribution in [0.5, 0.6) is 0 Å². The Kier molecular flexibility index (Phi) is 9.18. The molecule has 0 spiro atoms. The van der Waals surface area contributed by atoms with Crippen molar-refractivity contribution in [3.05, 3.63) is 0 Å². The molecule has 0 aliphatic rings. The molecule has 16 heavy (non-hydrogen) atoms. The minimum atomic E-state index is -0.275. The van der Waals surface area contributed by atoms with Gasteiger partial charge in [-0.2, -0.15) is 0 Å². The number of rotatable bonds is 9. The number of aliphatic hydroxyl groups is 1. The van der Waals surface area contributed by atoms with Crippen LogP contribution >= 0.6 is 0 Å². The summed E-state index contributed by atoms with van der Waals surface area (Å²) >= 11 is 0. The third-order valence-electron chi connectivity index (χ3n) is 2.24. The van der Waals surface area contributed by atoms with Crippen LogP contribution in [0.4, 0.5) is 0 Å². The first-order valence-electron chi connectivity index (χ1n) is 5.77. The van der Waals surface area contributed by atoms with Crippen LogP contribution in [0.1, 0.15) is 26.7 Å². The highest BCUT2D eigenvalue weighted by molar-refractivity contribution is 5.78. The average molecular weight is 232 g/mol. The lowest BCUT2D eigenvalue weighted by molar-refractivity contribution is -0.121. The summed E-state index contributed by atoms with van der Waals surface area (Å²) in [5.41, 5.74) is 0. The van der Waals surface area contributed by atoms with E-state index in [0.29, 0.717) is 19.6 Å². The first-order valence-corrected chi connectivity index (χ1v) is 5.77. The van der Waals surface area contributed by atoms with E-state index < -0.39 is 0 Å². The lowest BCUT2D eigenvalue weighted by atomic mass is 10.2. The van der Waals surface area contributed by atoms with Crippen molar-refractivity contribution in [2.75, 3.05) is 26.8 Å². The summed E-state index contributed by atoms with van der Waals surface area (Å²) in [4.78, 5) is 11.4. The Morgan fingerprint density at radius 1 is 1.50 bits per heavy atom. The number of nitrogens with one attached hydrogen (secondary N) is 2. The van der Waals surface area contributed by atoms with Crippen LogP contribution in [-0.4, -0.2) is 50.0 Å². The van der Waals surface area contributed by atoms with Gasteiger partial charge in [-0.3, -0.25) is 4.79 Å². The Bertz CT molecular complexity index is 188. The number of amides is 1. The fourth-order valence-electron chi connectivity index (χ4n) is 1.29. The average Bonchev–Trinajstić information content (AvgIpc) is 2.24. The number of aliphatic hydroxyl groups excluding tert-OH is 1. The van der Waals surface area contributed by atoms with Crippen LogP contribution in [0.25, 0.3) is 0 Å². The van der Waals surface area contributed by atoms with Crippen LogP contribution in [0.15, 0.2) is 0 Å². The van der Waals surface area contributed by atoms with Gasteiger partial charge in [-0.1, -0.05) is 6.92 Å². The molecule has 0 aliphatic carbocycles. The summed E-state index contributed by atoms with van der Waals surface area (Å²) in [6.07, 6.45) is 1.15. The minimum absolute atomic E-state index is 0.0283. The smallest absolute Gasteiger partial charge is 0.234 e. The van der Waals surface area contributed by atoms with Gasteiger partial charge in [0.05, 0.1) is 19.3 Å². The van der Waals surface area contributed by atoms with E-state index in [1.807, 2.05) is 13.8 Å². The second kappa shape index (κ2) is 9.57. The van der Waals surface area contributed by atoms with E-state index in [9.17, 15) is 9.90 Å². The van der Waals surface area contributed by atoms with Gasteiger partial charge in [-0.25, -0.2) is 0 Å². The second-order valence-electron chi connectivity index (χ2n) is 3.95. The largest absolute Gasteiger partial charge is 0.393 e. The first kappa shape index (κ1) is 15.3. The molecule has 0 aliphatic heterocycles. The molecule has 0 aromatic rings. The molecule has 0 bridgehead atoms. The SMILES string of the molecule is CCC(O)CCNCC(=O)NC(C)COC. The lowest BCUT2D eigenvalue weighted by Crippen LogP contribution is -2.41. The first-order chi connectivity index (χ1) is 7.60. The van der Waals surface area contributed by atoms with E-state index in [2.05, 4.69) is 10.6 Å². The number of hydrogen-bond donors (Lipinski definition) is 3. The molecule has 1 amide bonds. The molecule has 0 fully saturated rings. The van der Waals surface area contributed by atoms with Crippen molar-refractivity contribution in [3.8, 4) is 0 Å². The van der Waals surface area contributed by atoms with Gasteiger partial charge in [-0.15, -0.1) is 0 Å². The Balaban J connectivity index is 3.43. The van der Waals surface area contributed by atoms with Crippen molar-refractivity contribution in [2.45, 2.75) is 38.8 Å². The van der Waals surface area contributed by atoms with Gasteiger partial charge in [0.15, 0.2) is 0 Å². The van der Waals surface area contributed by atoms with Crippen LogP contribution in [-0.2, 0) is 9.53 Å². The quantitative estimate of drug-likeness (QED) is 0.485. The van der Waals surface area contributed by atoms with Gasteiger partial charge in [0.2, 0.25) is 5.91 Å². The molecule has 5 nitrogen and oxygen atoms in total. The maximum atomic E-state index is 11.4. The predicted molar refractivity (Wildman–Crippen MR) is 63.3 cm³/mol. The van der Waals surface area contributed by atoms with E-state index in [1.165, 1.54) is 0 Å². The maximum Gasteiger partial charge on any atom is 0.234 e. The van der Waals surface area contributed by atoms with Gasteiger partial charge in [0.25, 0.3) is 0 Å². The van der Waals surface area contributed by atoms with Crippen molar-refractivity contribution >= 4 is 5.91 Å². The van der Waals surface area contributed by atoms with Gasteiger partial charge in [-0.05, 0) is 26.3 Å². The highest BCUT2D eigenvalue weighted by atomic mass is 16.5. The van der Waals surface area contributed by atoms with Crippen molar-refractivity contribution in [1.82, 2.24) is 10.6 Å². The number of ether oxygens (including phenoxy) is 1. The molecule has 0 aromatic heterocycles. The van der Waals surface area contributed by atoms with Crippen molar-refractivity contribution in [3.63, 3.8) is 0 Å². The molecule has 0 rings (SSSR count). The fourth-order valence-corrected chi connectivity index (χ4v) is 1.29. The molecule has 5 heteroatoms. The molecular formula is C11H24N2O3. The zero-order chi connectivity index (χ0) is 12.4. The van der Waals surface area contributed by atoms with Crippen molar-refractivity contribution < 1.29 is 14.6 Å². The van der Waals surface area contributed by atoms with E-state index in [1.54, 1.807) is 7.11 Å². The zero-order valence-electron chi connectivity index (χ0n) is 10.5. The summed E-state index contributed by atoms with van der Waals surface area (Å²) in [7, 11) is 1.60. The maximum absolute atomic E-state index is 11.4. The van der Waals surface area contributed by atoms with Crippen molar-refractivity contribution in [2.24, 2.45) is 0 Å². The molecular weight excluding hydrogens is 208 g/mol. The van der Waals surface area contributed by atoms with Gasteiger partial charge < -0.3 is 20.5 Å². The van der Waals surface area contributed by atoms with E-state index in [-0.39, 0.29) is 24.6 Å². The normalized spacial score (nSPS) is 14.5. The fraction of sp³-hybridized carbons (Fsp3) is 0.909. The topological polar surface area (TPSA) is 70.6 Å². The minimum Gasteiger partial charge on any atom is -0.393 e. The van der Waals surface area contributed by atoms with Crippen molar-refractivity contribution in [1.29, 1.82) is 0 Å². The Labute approximate surface area is 97.6 Å². The summed E-state index contributed by atoms with van der Waals surface area (Å²) in [6, 6.07) is 0.0283. The molecule has 2 unspecified atom stereocenters. The second-order valence-corrected chi connectivity index (χ2v) is 3.95. The van der Waals surface area contributed by atoms with Gasteiger partial charge in [0.1, 0.15) is 0 Å². The van der Waals surface area contributed by atoms with Crippen LogP contribution in [0.3, 0.4) is 0 Å². The molecule has 0 saturated carbocycles. The van der Waals surface area contributed by atoms with Crippen LogP contribution in [0.2, 0.25) is 0 Å². The lowest BCUT2D eigenvalue weighted by Gasteiger charge is -2.13. The van der Waals surface area contributed by atoms with E-state index in [4.69, 9.17) is 4.74 Å². The van der Waals surface area contributed by atoms with Crippen LogP contribution < -0.4 is 10.6 Å². The molecule has 0 radical (unpaired) electrons. The summed E-state index contributed by atoms with van der Waals surface area (Å²) < 4.78 is 4.91. The third-order valence-corrected chi connectivity index (χ3v) is 2.24. The monoisotopic (exact) mass is 232 g/mol. The Morgan fingerprint density at radius 2 is 2.19 bits per heavy atom. The van der Waals surface area contributed by atoms with E-state index in [0.717, 1.165) is 6.42 Å². The number of carbonyl (C=O) groups excluding carboxylic acids is 1. The molecule has 0 heterocycles.